The lowest BCUT2D eigenvalue weighted by Crippen LogP contribution is -2.43. The van der Waals surface area contributed by atoms with E-state index in [1.54, 1.807) is 7.11 Å². The third kappa shape index (κ3) is 4.73. The van der Waals surface area contributed by atoms with Crippen LogP contribution in [0.2, 0.25) is 0 Å². The van der Waals surface area contributed by atoms with E-state index in [9.17, 15) is 14.7 Å². The molecule has 1 saturated carbocycles. The molecule has 24 heavy (non-hydrogen) atoms. The Labute approximate surface area is 143 Å². The summed E-state index contributed by atoms with van der Waals surface area (Å²) in [5, 5.41) is 12.4. The van der Waals surface area contributed by atoms with E-state index in [0.29, 0.717) is 12.8 Å². The zero-order chi connectivity index (χ0) is 17.5. The summed E-state index contributed by atoms with van der Waals surface area (Å²) in [7, 11) is 1.62. The molecule has 0 bridgehead atoms. The van der Waals surface area contributed by atoms with Crippen LogP contribution >= 0.6 is 0 Å². The number of para-hydroxylation sites is 1. The number of aliphatic carboxylic acids is 1. The van der Waals surface area contributed by atoms with Crippen LogP contribution in [0.5, 0.6) is 5.75 Å². The second-order valence-electron chi connectivity index (χ2n) is 6.60. The minimum absolute atomic E-state index is 0.00945. The lowest BCUT2D eigenvalue weighted by molar-refractivity contribution is -0.143. The summed E-state index contributed by atoms with van der Waals surface area (Å²) in [6.45, 7) is 1.99. The highest BCUT2D eigenvalue weighted by molar-refractivity contribution is 5.79. The zero-order valence-electron chi connectivity index (χ0n) is 14.5. The fraction of sp³-hybridized carbons (Fsp3) is 0.579. The number of nitrogens with one attached hydrogen (secondary N) is 1. The fourth-order valence-corrected chi connectivity index (χ4v) is 3.50. The summed E-state index contributed by atoms with van der Waals surface area (Å²) in [6.07, 6.45) is 4.63. The Hall–Kier alpha value is -2.04. The molecular weight excluding hydrogens is 306 g/mol. The summed E-state index contributed by atoms with van der Waals surface area (Å²) in [5.41, 5.74) is 0.991. The van der Waals surface area contributed by atoms with E-state index in [1.165, 1.54) is 0 Å². The maximum absolute atomic E-state index is 12.4. The van der Waals surface area contributed by atoms with Gasteiger partial charge in [0.25, 0.3) is 0 Å². The van der Waals surface area contributed by atoms with E-state index in [2.05, 4.69) is 5.32 Å². The van der Waals surface area contributed by atoms with Crippen molar-refractivity contribution in [1.29, 1.82) is 0 Å². The molecule has 1 aromatic carbocycles. The molecule has 5 heteroatoms. The summed E-state index contributed by atoms with van der Waals surface area (Å²) < 4.78 is 5.35. The Bertz CT molecular complexity index is 572. The molecule has 0 radical (unpaired) electrons. The summed E-state index contributed by atoms with van der Waals surface area (Å²) >= 11 is 0. The molecule has 1 aliphatic rings. The first-order chi connectivity index (χ1) is 11.5. The molecule has 1 fully saturated rings. The van der Waals surface area contributed by atoms with Gasteiger partial charge in [0.05, 0.1) is 13.0 Å². The summed E-state index contributed by atoms with van der Waals surface area (Å²) in [6, 6.07) is 7.41. The molecule has 132 valence electrons. The third-order valence-corrected chi connectivity index (χ3v) is 4.84. The molecule has 3 atom stereocenters. The number of carboxylic acids is 1. The second-order valence-corrected chi connectivity index (χ2v) is 6.60. The molecule has 5 nitrogen and oxygen atoms in total. The number of ether oxygens (including phenoxy) is 1. The van der Waals surface area contributed by atoms with Gasteiger partial charge in [-0.15, -0.1) is 0 Å². The molecule has 0 heterocycles. The Morgan fingerprint density at radius 1 is 1.25 bits per heavy atom. The van der Waals surface area contributed by atoms with Crippen molar-refractivity contribution in [2.45, 2.75) is 57.4 Å². The van der Waals surface area contributed by atoms with Gasteiger partial charge in [0, 0.05) is 12.5 Å². The Balaban J connectivity index is 1.99. The average molecular weight is 333 g/mol. The van der Waals surface area contributed by atoms with E-state index in [-0.39, 0.29) is 17.9 Å². The molecular formula is C19H27NO4. The van der Waals surface area contributed by atoms with Crippen LogP contribution in [0.4, 0.5) is 0 Å². The lowest BCUT2D eigenvalue weighted by Gasteiger charge is -2.24. The Kier molecular flexibility index (Phi) is 6.64. The minimum atomic E-state index is -0.806. The first-order valence-corrected chi connectivity index (χ1v) is 8.68. The zero-order valence-corrected chi connectivity index (χ0v) is 14.5. The van der Waals surface area contributed by atoms with Gasteiger partial charge in [-0.2, -0.15) is 0 Å². The SMILES string of the molecule is COc1ccccc1C(C)CC(=O)N[C@H]1CCCCC[C@H]1C(=O)O. The van der Waals surface area contributed by atoms with Gasteiger partial charge < -0.3 is 15.2 Å². The van der Waals surface area contributed by atoms with Crippen LogP contribution in [-0.2, 0) is 9.59 Å². The molecule has 0 aromatic heterocycles. The largest absolute Gasteiger partial charge is 0.496 e. The Morgan fingerprint density at radius 2 is 1.96 bits per heavy atom. The van der Waals surface area contributed by atoms with Gasteiger partial charge in [0.2, 0.25) is 5.91 Å². The predicted octanol–water partition coefficient (Wildman–Crippen LogP) is 3.34. The molecule has 0 aliphatic heterocycles. The number of benzene rings is 1. The van der Waals surface area contributed by atoms with Crippen molar-refractivity contribution in [2.24, 2.45) is 5.92 Å². The fourth-order valence-electron chi connectivity index (χ4n) is 3.50. The van der Waals surface area contributed by atoms with Crippen molar-refractivity contribution < 1.29 is 19.4 Å². The van der Waals surface area contributed by atoms with E-state index < -0.39 is 11.9 Å². The van der Waals surface area contributed by atoms with Crippen LogP contribution in [0.25, 0.3) is 0 Å². The van der Waals surface area contributed by atoms with Crippen molar-refractivity contribution in [2.75, 3.05) is 7.11 Å². The number of carbonyl (C=O) groups excluding carboxylic acids is 1. The molecule has 2 N–H and O–H groups in total. The number of hydrogen-bond acceptors (Lipinski definition) is 3. The normalized spacial score (nSPS) is 22.2. The standard InChI is InChI=1S/C19H27NO4/c1-13(14-8-6-7-11-17(14)24-2)12-18(21)20-16-10-5-3-4-9-15(16)19(22)23/h6-8,11,13,15-16H,3-5,9-10,12H2,1-2H3,(H,20,21)(H,22,23)/t13?,15-,16+/m1/s1. The van der Waals surface area contributed by atoms with Crippen LogP contribution < -0.4 is 10.1 Å². The molecule has 1 amide bonds. The summed E-state index contributed by atoms with van der Waals surface area (Å²) in [4.78, 5) is 23.9. The molecule has 1 aromatic rings. The van der Waals surface area contributed by atoms with Gasteiger partial charge in [0.15, 0.2) is 0 Å². The molecule has 1 unspecified atom stereocenters. The topological polar surface area (TPSA) is 75.6 Å². The Morgan fingerprint density at radius 3 is 2.67 bits per heavy atom. The van der Waals surface area contributed by atoms with Gasteiger partial charge in [-0.25, -0.2) is 0 Å². The lowest BCUT2D eigenvalue weighted by atomic mass is 9.93. The van der Waals surface area contributed by atoms with Crippen LogP contribution in [0.3, 0.4) is 0 Å². The monoisotopic (exact) mass is 333 g/mol. The predicted molar refractivity (Wildman–Crippen MR) is 92.2 cm³/mol. The van der Waals surface area contributed by atoms with Gasteiger partial charge in [0.1, 0.15) is 5.75 Å². The van der Waals surface area contributed by atoms with Crippen molar-refractivity contribution in [1.82, 2.24) is 5.32 Å². The van der Waals surface area contributed by atoms with Gasteiger partial charge in [-0.1, -0.05) is 44.4 Å². The average Bonchev–Trinajstić information content (AvgIpc) is 2.80. The van der Waals surface area contributed by atoms with E-state index in [0.717, 1.165) is 37.0 Å². The van der Waals surface area contributed by atoms with Crippen molar-refractivity contribution in [3.63, 3.8) is 0 Å². The highest BCUT2D eigenvalue weighted by Crippen LogP contribution is 2.29. The second kappa shape index (κ2) is 8.71. The van der Waals surface area contributed by atoms with Crippen LogP contribution in [-0.4, -0.2) is 30.1 Å². The van der Waals surface area contributed by atoms with Crippen molar-refractivity contribution >= 4 is 11.9 Å². The molecule has 2 rings (SSSR count). The summed E-state index contributed by atoms with van der Waals surface area (Å²) in [5.74, 6) is -0.588. The maximum atomic E-state index is 12.4. The highest BCUT2D eigenvalue weighted by atomic mass is 16.5. The number of hydrogen-bond donors (Lipinski definition) is 2. The first kappa shape index (κ1) is 18.3. The van der Waals surface area contributed by atoms with Crippen molar-refractivity contribution in [3.8, 4) is 5.75 Å². The number of rotatable bonds is 6. The quantitative estimate of drug-likeness (QED) is 0.783. The molecule has 1 aliphatic carbocycles. The van der Waals surface area contributed by atoms with E-state index in [1.807, 2.05) is 31.2 Å². The van der Waals surface area contributed by atoms with Crippen molar-refractivity contribution in [3.05, 3.63) is 29.8 Å². The van der Waals surface area contributed by atoms with E-state index in [4.69, 9.17) is 4.74 Å². The molecule has 0 spiro atoms. The minimum Gasteiger partial charge on any atom is -0.496 e. The first-order valence-electron chi connectivity index (χ1n) is 8.68. The van der Waals surface area contributed by atoms with E-state index >= 15 is 0 Å². The third-order valence-electron chi connectivity index (χ3n) is 4.84. The number of amides is 1. The van der Waals surface area contributed by atoms with Crippen LogP contribution in [0.15, 0.2) is 24.3 Å². The number of carboxylic acid groups (broad SMARTS) is 1. The van der Waals surface area contributed by atoms with Crippen LogP contribution in [0, 0.1) is 5.92 Å². The van der Waals surface area contributed by atoms with Gasteiger partial charge in [-0.3, -0.25) is 9.59 Å². The molecule has 0 saturated heterocycles. The number of carbonyl (C=O) groups is 2. The smallest absolute Gasteiger partial charge is 0.308 e. The van der Waals surface area contributed by atoms with Gasteiger partial charge >= 0.3 is 5.97 Å². The van der Waals surface area contributed by atoms with Crippen LogP contribution in [0.1, 0.15) is 56.9 Å². The highest BCUT2D eigenvalue weighted by Gasteiger charge is 2.30. The van der Waals surface area contributed by atoms with Gasteiger partial charge in [-0.05, 0) is 30.4 Å². The maximum Gasteiger partial charge on any atom is 0.308 e. The number of methoxy groups -OCH3 is 1.